The van der Waals surface area contributed by atoms with Crippen LogP contribution in [0.2, 0.25) is 10.0 Å². The summed E-state index contributed by atoms with van der Waals surface area (Å²) < 4.78 is 116. The summed E-state index contributed by atoms with van der Waals surface area (Å²) in [6.07, 6.45) is -11.2. The molecule has 1 atom stereocenters. The molecule has 0 bridgehead atoms. The van der Waals surface area contributed by atoms with Crippen molar-refractivity contribution in [3.8, 4) is 11.8 Å². The van der Waals surface area contributed by atoms with Gasteiger partial charge in [-0.1, -0.05) is 23.2 Å². The molecule has 7 nitrogen and oxygen atoms in total. The van der Waals surface area contributed by atoms with Crippen LogP contribution in [0.4, 0.5) is 45.7 Å². The van der Waals surface area contributed by atoms with E-state index in [1.165, 1.54) is 30.6 Å². The maximum atomic E-state index is 14.4. The third-order valence-electron chi connectivity index (χ3n) is 5.78. The maximum absolute atomic E-state index is 14.4. The quantitative estimate of drug-likeness (QED) is 0.317. The second-order valence-corrected chi connectivity index (χ2v) is 9.04. The van der Waals surface area contributed by atoms with Crippen molar-refractivity contribution >= 4 is 35.1 Å². The number of ether oxygens (including phenoxy) is 1. The molecule has 4 rings (SSSR count). The first-order valence-corrected chi connectivity index (χ1v) is 11.2. The molecule has 1 fully saturated rings. The molecule has 206 valence electrons. The van der Waals surface area contributed by atoms with E-state index in [1.807, 2.05) is 5.32 Å². The van der Waals surface area contributed by atoms with Gasteiger partial charge in [-0.3, -0.25) is 10.3 Å². The molecule has 1 aromatic carbocycles. The van der Waals surface area contributed by atoms with Gasteiger partial charge < -0.3 is 4.74 Å². The summed E-state index contributed by atoms with van der Waals surface area (Å²) in [5.74, 6) is -5.57. The van der Waals surface area contributed by atoms with Crippen molar-refractivity contribution in [3.05, 3.63) is 69.1 Å². The second kappa shape index (κ2) is 9.53. The van der Waals surface area contributed by atoms with Crippen LogP contribution in [0.15, 0.2) is 36.7 Å². The van der Waals surface area contributed by atoms with Gasteiger partial charge in [-0.2, -0.15) is 36.7 Å². The molecule has 2 heterocycles. The number of hydrogen-bond donors (Lipinski definition) is 1. The monoisotopic (exact) mass is 599 g/mol. The fraction of sp³-hybridized carbons (Fsp3) is 0.273. The molecule has 17 heteroatoms. The first kappa shape index (κ1) is 28.4. The van der Waals surface area contributed by atoms with Crippen LogP contribution in [0.25, 0.3) is 5.69 Å². The number of halogens is 10. The molecule has 1 amide bonds. The smallest absolute Gasteiger partial charge is 0.416 e. The van der Waals surface area contributed by atoms with Crippen LogP contribution in [-0.2, 0) is 22.9 Å². The largest absolute Gasteiger partial charge is 0.444 e. The molecule has 1 unspecified atom stereocenters. The lowest BCUT2D eigenvalue weighted by Gasteiger charge is -2.22. The Labute approximate surface area is 222 Å². The zero-order valence-corrected chi connectivity index (χ0v) is 20.3. The predicted molar refractivity (Wildman–Crippen MR) is 119 cm³/mol. The van der Waals surface area contributed by atoms with Gasteiger partial charge in [0.1, 0.15) is 24.2 Å². The molecule has 1 saturated carbocycles. The SMILES string of the molecule is N#Cc1nn(-c2c(Cl)cc(C(F)(F)F)cc2Cl)c(NC(=O)OCc2ccncc2)c1C1(C(F)(F)F)CC1(F)F. The summed E-state index contributed by atoms with van der Waals surface area (Å²) in [5, 5.41) is 13.3. The molecule has 3 aromatic rings. The van der Waals surface area contributed by atoms with Crippen LogP contribution in [0.3, 0.4) is 0 Å². The van der Waals surface area contributed by atoms with E-state index in [4.69, 9.17) is 27.9 Å². The second-order valence-electron chi connectivity index (χ2n) is 8.22. The minimum absolute atomic E-state index is 0.286. The Morgan fingerprint density at radius 3 is 2.15 bits per heavy atom. The fourth-order valence-electron chi connectivity index (χ4n) is 3.88. The molecular weight excluding hydrogens is 589 g/mol. The number of benzene rings is 1. The Balaban J connectivity index is 1.90. The van der Waals surface area contributed by atoms with Crippen LogP contribution >= 0.6 is 23.2 Å². The van der Waals surface area contributed by atoms with Gasteiger partial charge in [0.05, 0.1) is 21.2 Å². The van der Waals surface area contributed by atoms with Gasteiger partial charge in [0.2, 0.25) is 0 Å². The molecule has 39 heavy (non-hydrogen) atoms. The number of nitrogens with one attached hydrogen (secondary N) is 1. The zero-order chi connectivity index (χ0) is 29.0. The first-order chi connectivity index (χ1) is 18.0. The number of amides is 1. The number of nitrogens with zero attached hydrogens (tertiary/aromatic N) is 4. The number of nitriles is 1. The Bertz CT molecular complexity index is 1460. The number of hydrogen-bond acceptors (Lipinski definition) is 5. The van der Waals surface area contributed by atoms with Crippen molar-refractivity contribution in [2.75, 3.05) is 5.32 Å². The minimum Gasteiger partial charge on any atom is -0.444 e. The highest BCUT2D eigenvalue weighted by molar-refractivity contribution is 6.38. The van der Waals surface area contributed by atoms with E-state index in [-0.39, 0.29) is 4.68 Å². The van der Waals surface area contributed by atoms with E-state index < -0.39 is 81.2 Å². The lowest BCUT2D eigenvalue weighted by Crippen LogP contribution is -2.36. The van der Waals surface area contributed by atoms with Gasteiger partial charge in [0, 0.05) is 18.8 Å². The van der Waals surface area contributed by atoms with Crippen molar-refractivity contribution < 1.29 is 44.7 Å². The molecule has 0 spiro atoms. The maximum Gasteiger partial charge on any atom is 0.416 e. The molecule has 1 N–H and O–H groups in total. The molecule has 0 radical (unpaired) electrons. The summed E-state index contributed by atoms with van der Waals surface area (Å²) in [6.45, 7) is -0.439. The summed E-state index contributed by atoms with van der Waals surface area (Å²) in [7, 11) is 0. The summed E-state index contributed by atoms with van der Waals surface area (Å²) in [6, 6.07) is 4.83. The lowest BCUT2D eigenvalue weighted by molar-refractivity contribution is -0.182. The number of anilines is 1. The molecule has 1 aliphatic rings. The standard InChI is InChI=1S/C22H11Cl2F8N5O2/c23-12-5-11(21(27,28)29)6-13(24)16(12)37-17(35-18(38)39-8-10-1-3-34-4-2-10)15(14(7-33)36-37)19(22(30,31)32)9-20(19,25)26/h1-6H,8-9H2,(H,35,38). The van der Waals surface area contributed by atoms with E-state index in [2.05, 4.69) is 10.1 Å². The fourth-order valence-corrected chi connectivity index (χ4v) is 4.53. The van der Waals surface area contributed by atoms with Crippen molar-refractivity contribution in [2.24, 2.45) is 0 Å². The molecule has 0 saturated heterocycles. The molecule has 1 aliphatic carbocycles. The topological polar surface area (TPSA) is 92.8 Å². The highest BCUT2D eigenvalue weighted by atomic mass is 35.5. The van der Waals surface area contributed by atoms with Gasteiger partial charge in [0.15, 0.2) is 11.1 Å². The average molecular weight is 600 g/mol. The van der Waals surface area contributed by atoms with Crippen molar-refractivity contribution in [1.29, 1.82) is 5.26 Å². The number of carbonyl (C=O) groups is 1. The highest BCUT2D eigenvalue weighted by Gasteiger charge is 2.86. The number of pyridine rings is 1. The Morgan fingerprint density at radius 2 is 1.69 bits per heavy atom. The van der Waals surface area contributed by atoms with E-state index in [9.17, 15) is 45.2 Å². The van der Waals surface area contributed by atoms with Crippen LogP contribution < -0.4 is 5.32 Å². The van der Waals surface area contributed by atoms with Crippen LogP contribution in [0.5, 0.6) is 0 Å². The Hall–Kier alpha value is -3.64. The Kier molecular flexibility index (Phi) is 6.93. The number of carbonyl (C=O) groups excluding carboxylic acids is 1. The van der Waals surface area contributed by atoms with Crippen molar-refractivity contribution in [1.82, 2.24) is 14.8 Å². The number of alkyl halides is 8. The van der Waals surface area contributed by atoms with E-state index in [0.29, 0.717) is 17.7 Å². The number of aromatic nitrogens is 3. The Morgan fingerprint density at radius 1 is 1.13 bits per heavy atom. The number of rotatable bonds is 5. The summed E-state index contributed by atoms with van der Waals surface area (Å²) >= 11 is 11.9. The third-order valence-corrected chi connectivity index (χ3v) is 6.36. The molecule has 0 aliphatic heterocycles. The van der Waals surface area contributed by atoms with Gasteiger partial charge >= 0.3 is 18.4 Å². The van der Waals surface area contributed by atoms with Gasteiger partial charge in [0.25, 0.3) is 5.92 Å². The van der Waals surface area contributed by atoms with Gasteiger partial charge in [-0.15, -0.1) is 0 Å². The van der Waals surface area contributed by atoms with Gasteiger partial charge in [-0.25, -0.2) is 18.3 Å². The summed E-state index contributed by atoms with van der Waals surface area (Å²) in [4.78, 5) is 16.3. The predicted octanol–water partition coefficient (Wildman–Crippen LogP) is 7.05. The van der Waals surface area contributed by atoms with Crippen LogP contribution in [0.1, 0.15) is 28.8 Å². The van der Waals surface area contributed by atoms with E-state index in [0.717, 1.165) is 0 Å². The third kappa shape index (κ3) is 4.94. The minimum atomic E-state index is -5.65. The zero-order valence-electron chi connectivity index (χ0n) is 18.8. The van der Waals surface area contributed by atoms with Crippen molar-refractivity contribution in [2.45, 2.75) is 36.7 Å². The summed E-state index contributed by atoms with van der Waals surface area (Å²) in [5.41, 5.74) is -8.28. The normalized spacial score (nSPS) is 18.4. The lowest BCUT2D eigenvalue weighted by atomic mass is 9.93. The van der Waals surface area contributed by atoms with Crippen LogP contribution in [-0.4, -0.2) is 33.0 Å². The molecule has 2 aromatic heterocycles. The van der Waals surface area contributed by atoms with E-state index >= 15 is 0 Å². The first-order valence-electron chi connectivity index (χ1n) is 10.4. The van der Waals surface area contributed by atoms with E-state index in [1.54, 1.807) is 0 Å². The van der Waals surface area contributed by atoms with Gasteiger partial charge in [-0.05, 0) is 29.8 Å². The molecular formula is C22H11Cl2F8N5O2. The van der Waals surface area contributed by atoms with Crippen molar-refractivity contribution in [3.63, 3.8) is 0 Å². The average Bonchev–Trinajstić information content (AvgIpc) is 3.26. The highest BCUT2D eigenvalue weighted by Crippen LogP contribution is 2.70. The van der Waals surface area contributed by atoms with Crippen LogP contribution in [0, 0.1) is 11.3 Å².